The molecule has 100 valence electrons. The second-order valence-electron chi connectivity index (χ2n) is 3.93. The van der Waals surface area contributed by atoms with E-state index >= 15 is 0 Å². The van der Waals surface area contributed by atoms with Gasteiger partial charge in [-0.3, -0.25) is 4.79 Å². The van der Waals surface area contributed by atoms with Gasteiger partial charge in [0.15, 0.2) is 10.3 Å². The highest BCUT2D eigenvalue weighted by atomic mass is 35.5. The summed E-state index contributed by atoms with van der Waals surface area (Å²) in [6, 6.07) is 7.67. The van der Waals surface area contributed by atoms with Crippen molar-refractivity contribution in [3.63, 3.8) is 0 Å². The molecule has 0 bridgehead atoms. The Hall–Kier alpha value is -1.69. The van der Waals surface area contributed by atoms with Gasteiger partial charge in [0.25, 0.3) is 5.91 Å². The van der Waals surface area contributed by atoms with E-state index in [1.165, 1.54) is 17.7 Å². The average molecular weight is 324 g/mol. The van der Waals surface area contributed by atoms with Crippen molar-refractivity contribution in [1.29, 1.82) is 0 Å². The third-order valence-electron chi connectivity index (χ3n) is 2.72. The van der Waals surface area contributed by atoms with Gasteiger partial charge in [-0.25, -0.2) is 9.97 Å². The smallest absolute Gasteiger partial charge is 0.257 e. The quantitative estimate of drug-likeness (QED) is 0.717. The van der Waals surface area contributed by atoms with Gasteiger partial charge >= 0.3 is 0 Å². The van der Waals surface area contributed by atoms with E-state index in [-0.39, 0.29) is 21.9 Å². The molecule has 0 atom stereocenters. The first-order chi connectivity index (χ1) is 9.66. The fraction of sp³-hybridized carbons (Fsp3) is 0. The van der Waals surface area contributed by atoms with Crippen LogP contribution in [0.1, 0.15) is 10.4 Å². The lowest BCUT2D eigenvalue weighted by atomic mass is 10.1. The number of benzene rings is 1. The number of nitrogens with zero attached hydrogens (tertiary/aromatic N) is 2. The fourth-order valence-electron chi connectivity index (χ4n) is 1.78. The Kier molecular flexibility index (Phi) is 3.56. The minimum absolute atomic E-state index is 0.109. The van der Waals surface area contributed by atoms with Crippen molar-refractivity contribution in [2.45, 2.75) is 0 Å². The van der Waals surface area contributed by atoms with Crippen LogP contribution in [0, 0.1) is 0 Å². The van der Waals surface area contributed by atoms with Crippen molar-refractivity contribution in [2.75, 3.05) is 5.32 Å². The summed E-state index contributed by atoms with van der Waals surface area (Å²) in [5.74, 6) is -0.291. The summed E-state index contributed by atoms with van der Waals surface area (Å²) in [4.78, 5) is 19.9. The zero-order chi connectivity index (χ0) is 14.1. The summed E-state index contributed by atoms with van der Waals surface area (Å²) in [6.07, 6.45) is 1.24. The molecule has 0 saturated carbocycles. The topological polar surface area (TPSA) is 54.9 Å². The monoisotopic (exact) mass is 323 g/mol. The van der Waals surface area contributed by atoms with Crippen LogP contribution in [0.4, 0.5) is 5.69 Å². The van der Waals surface area contributed by atoms with Crippen LogP contribution >= 0.6 is 34.5 Å². The first kappa shape index (κ1) is 13.3. The molecule has 3 aromatic rings. The second-order valence-corrected chi connectivity index (χ2v) is 5.56. The maximum Gasteiger partial charge on any atom is 0.257 e. The number of rotatable bonds is 2. The minimum atomic E-state index is -0.291. The van der Waals surface area contributed by atoms with Gasteiger partial charge in [-0.15, -0.1) is 11.3 Å². The molecular formula is C13H7Cl2N3OS. The second kappa shape index (κ2) is 5.36. The van der Waals surface area contributed by atoms with Crippen LogP contribution in [0.5, 0.6) is 0 Å². The minimum Gasteiger partial charge on any atom is -0.317 e. The predicted octanol–water partition coefficient (Wildman–Crippen LogP) is 4.25. The van der Waals surface area contributed by atoms with Crippen molar-refractivity contribution in [2.24, 2.45) is 0 Å². The number of nitrogens with one attached hydrogen (secondary N) is 1. The van der Waals surface area contributed by atoms with Crippen molar-refractivity contribution in [3.05, 3.63) is 51.8 Å². The Bertz CT molecular complexity index is 783. The SMILES string of the molecule is O=C(Nc1c(Cl)ncnc1Cl)c1csc2ccccc12. The van der Waals surface area contributed by atoms with Crippen molar-refractivity contribution in [1.82, 2.24) is 9.97 Å². The first-order valence-corrected chi connectivity index (χ1v) is 7.24. The van der Waals surface area contributed by atoms with E-state index in [1.54, 1.807) is 5.38 Å². The number of amides is 1. The molecule has 7 heteroatoms. The molecule has 2 heterocycles. The summed E-state index contributed by atoms with van der Waals surface area (Å²) < 4.78 is 1.04. The van der Waals surface area contributed by atoms with E-state index in [0.29, 0.717) is 5.56 Å². The first-order valence-electron chi connectivity index (χ1n) is 5.60. The molecule has 0 fully saturated rings. The molecule has 0 spiro atoms. The van der Waals surface area contributed by atoms with Gasteiger partial charge < -0.3 is 5.32 Å². The molecule has 1 aromatic carbocycles. The lowest BCUT2D eigenvalue weighted by molar-refractivity contribution is 0.102. The van der Waals surface area contributed by atoms with E-state index in [2.05, 4.69) is 15.3 Å². The number of aromatic nitrogens is 2. The maximum absolute atomic E-state index is 12.3. The van der Waals surface area contributed by atoms with Crippen LogP contribution in [0.25, 0.3) is 10.1 Å². The van der Waals surface area contributed by atoms with Crippen molar-refractivity contribution < 1.29 is 4.79 Å². The maximum atomic E-state index is 12.3. The van der Waals surface area contributed by atoms with Crippen molar-refractivity contribution in [3.8, 4) is 0 Å². The molecule has 0 aliphatic heterocycles. The fourth-order valence-corrected chi connectivity index (χ4v) is 3.13. The number of halogens is 2. The highest BCUT2D eigenvalue weighted by Gasteiger charge is 2.16. The lowest BCUT2D eigenvalue weighted by Crippen LogP contribution is -2.12. The zero-order valence-corrected chi connectivity index (χ0v) is 12.3. The van der Waals surface area contributed by atoms with Crippen LogP contribution in [0.15, 0.2) is 36.0 Å². The number of carbonyl (C=O) groups excluding carboxylic acids is 1. The molecule has 0 aliphatic rings. The Morgan fingerprint density at radius 1 is 1.15 bits per heavy atom. The zero-order valence-electron chi connectivity index (χ0n) is 9.93. The van der Waals surface area contributed by atoms with Gasteiger partial charge in [-0.2, -0.15) is 0 Å². The van der Waals surface area contributed by atoms with Gasteiger partial charge in [-0.05, 0) is 6.07 Å². The summed E-state index contributed by atoms with van der Waals surface area (Å²) in [7, 11) is 0. The van der Waals surface area contributed by atoms with E-state index < -0.39 is 0 Å². The van der Waals surface area contributed by atoms with Crippen LogP contribution in [0.2, 0.25) is 10.3 Å². The van der Waals surface area contributed by atoms with E-state index in [4.69, 9.17) is 23.2 Å². The van der Waals surface area contributed by atoms with Crippen LogP contribution in [-0.4, -0.2) is 15.9 Å². The largest absolute Gasteiger partial charge is 0.317 e. The molecule has 20 heavy (non-hydrogen) atoms. The summed E-state index contributed by atoms with van der Waals surface area (Å²) >= 11 is 13.3. The molecule has 4 nitrogen and oxygen atoms in total. The lowest BCUT2D eigenvalue weighted by Gasteiger charge is -2.06. The summed E-state index contributed by atoms with van der Waals surface area (Å²) in [6.45, 7) is 0. The molecular weight excluding hydrogens is 317 g/mol. The Morgan fingerprint density at radius 2 is 1.85 bits per heavy atom. The highest BCUT2D eigenvalue weighted by Crippen LogP contribution is 2.29. The average Bonchev–Trinajstić information content (AvgIpc) is 2.87. The van der Waals surface area contributed by atoms with Gasteiger partial charge in [0.05, 0.1) is 5.56 Å². The Balaban J connectivity index is 1.98. The molecule has 3 rings (SSSR count). The standard InChI is InChI=1S/C13H7Cl2N3OS/c14-11-10(12(15)17-6-16-11)18-13(19)8-5-20-9-4-2-1-3-7(8)9/h1-6H,(H,18,19). The normalized spacial score (nSPS) is 10.7. The molecule has 2 aromatic heterocycles. The number of hydrogen-bond donors (Lipinski definition) is 1. The van der Waals surface area contributed by atoms with Crippen molar-refractivity contribution >= 4 is 56.2 Å². The van der Waals surface area contributed by atoms with E-state index in [9.17, 15) is 4.79 Å². The molecule has 1 N–H and O–H groups in total. The van der Waals surface area contributed by atoms with Gasteiger partial charge in [0.2, 0.25) is 0 Å². The van der Waals surface area contributed by atoms with Crippen LogP contribution < -0.4 is 5.32 Å². The number of thiophene rings is 1. The number of anilines is 1. The summed E-state index contributed by atoms with van der Waals surface area (Å²) in [5, 5.41) is 5.56. The van der Waals surface area contributed by atoms with E-state index in [1.807, 2.05) is 24.3 Å². The van der Waals surface area contributed by atoms with Gasteiger partial charge in [0, 0.05) is 15.5 Å². The molecule has 1 amide bonds. The Labute approximate surface area is 128 Å². The summed E-state index contributed by atoms with van der Waals surface area (Å²) in [5.41, 5.74) is 0.790. The van der Waals surface area contributed by atoms with Gasteiger partial charge in [-0.1, -0.05) is 41.4 Å². The van der Waals surface area contributed by atoms with Crippen LogP contribution in [-0.2, 0) is 0 Å². The third kappa shape index (κ3) is 2.35. The molecule has 0 aliphatic carbocycles. The molecule has 0 saturated heterocycles. The Morgan fingerprint density at radius 3 is 2.60 bits per heavy atom. The highest BCUT2D eigenvalue weighted by molar-refractivity contribution is 7.17. The molecule has 0 unspecified atom stereocenters. The predicted molar refractivity (Wildman–Crippen MR) is 81.8 cm³/mol. The van der Waals surface area contributed by atoms with Crippen LogP contribution in [0.3, 0.4) is 0 Å². The number of carbonyl (C=O) groups is 1. The number of fused-ring (bicyclic) bond motifs is 1. The number of hydrogen-bond acceptors (Lipinski definition) is 4. The van der Waals surface area contributed by atoms with Gasteiger partial charge in [0.1, 0.15) is 12.0 Å². The third-order valence-corrected chi connectivity index (χ3v) is 4.26. The molecule has 0 radical (unpaired) electrons. The van der Waals surface area contributed by atoms with E-state index in [0.717, 1.165) is 10.1 Å².